The maximum absolute atomic E-state index is 13.2. The SMILES string of the molecule is O=C1c2cccc(Nc3ccc(Cl)c(-c4ncc(-c5ccccc5)[nH]4)c3)c2CCN1C1(CO)CC1. The Bertz CT molecular complexity index is 1410. The van der Waals surface area contributed by atoms with Crippen molar-refractivity contribution in [1.29, 1.82) is 0 Å². The number of hydrogen-bond acceptors (Lipinski definition) is 4. The van der Waals surface area contributed by atoms with Crippen LogP contribution in [0, 0.1) is 0 Å². The third-order valence-electron chi connectivity index (χ3n) is 7.09. The molecule has 3 N–H and O–H groups in total. The molecule has 1 aliphatic heterocycles. The van der Waals surface area contributed by atoms with Crippen molar-refractivity contribution in [2.75, 3.05) is 18.5 Å². The largest absolute Gasteiger partial charge is 0.394 e. The standard InChI is InChI=1S/C28H25ClN4O2/c29-23-10-9-19(15-22(23)26-30-16-25(32-26)18-5-2-1-3-6-18)31-24-8-4-7-21-20(24)11-14-33(27(21)35)28(17-34)12-13-28/h1-10,15-16,31,34H,11-14,17H2,(H,30,32). The molecule has 1 amide bonds. The molecule has 0 saturated heterocycles. The fraction of sp³-hybridized carbons (Fsp3) is 0.214. The minimum absolute atomic E-state index is 0.00210. The molecule has 6 nitrogen and oxygen atoms in total. The van der Waals surface area contributed by atoms with E-state index >= 15 is 0 Å². The molecular weight excluding hydrogens is 460 g/mol. The number of aromatic nitrogens is 2. The minimum atomic E-state index is -0.356. The van der Waals surface area contributed by atoms with E-state index in [1.165, 1.54) is 0 Å². The molecule has 1 aromatic heterocycles. The smallest absolute Gasteiger partial charge is 0.254 e. The van der Waals surface area contributed by atoms with Gasteiger partial charge in [0.1, 0.15) is 5.82 Å². The number of halogens is 1. The van der Waals surface area contributed by atoms with Crippen LogP contribution in [-0.4, -0.2) is 44.6 Å². The second-order valence-electron chi connectivity index (χ2n) is 9.25. The molecule has 1 aliphatic carbocycles. The number of fused-ring (bicyclic) bond motifs is 1. The summed E-state index contributed by atoms with van der Waals surface area (Å²) >= 11 is 6.54. The Labute approximate surface area is 208 Å². The molecular formula is C28H25ClN4O2. The van der Waals surface area contributed by atoms with Crippen molar-refractivity contribution in [3.63, 3.8) is 0 Å². The van der Waals surface area contributed by atoms with Crippen LogP contribution in [0.5, 0.6) is 0 Å². The van der Waals surface area contributed by atoms with Gasteiger partial charge in [-0.25, -0.2) is 4.98 Å². The molecule has 0 atom stereocenters. The minimum Gasteiger partial charge on any atom is -0.394 e. The zero-order valence-electron chi connectivity index (χ0n) is 19.1. The second kappa shape index (κ2) is 8.56. The Kier molecular flexibility index (Phi) is 5.35. The van der Waals surface area contributed by atoms with Crippen molar-refractivity contribution in [3.05, 3.63) is 89.1 Å². The molecule has 1 saturated carbocycles. The Morgan fingerprint density at radius 2 is 1.89 bits per heavy atom. The number of aromatic amines is 1. The number of aliphatic hydroxyl groups is 1. The molecule has 6 rings (SSSR count). The summed E-state index contributed by atoms with van der Waals surface area (Å²) in [6.07, 6.45) is 4.29. The quantitative estimate of drug-likeness (QED) is 0.329. The predicted octanol–water partition coefficient (Wildman–Crippen LogP) is 5.66. The van der Waals surface area contributed by atoms with Gasteiger partial charge in [0.05, 0.1) is 29.1 Å². The van der Waals surface area contributed by atoms with E-state index in [-0.39, 0.29) is 18.1 Å². The summed E-state index contributed by atoms with van der Waals surface area (Å²) in [7, 11) is 0. The number of nitrogens with zero attached hydrogens (tertiary/aromatic N) is 2. The summed E-state index contributed by atoms with van der Waals surface area (Å²) in [5.41, 5.74) is 5.89. The lowest BCUT2D eigenvalue weighted by Gasteiger charge is -2.35. The third kappa shape index (κ3) is 3.89. The second-order valence-corrected chi connectivity index (χ2v) is 9.66. The molecule has 0 radical (unpaired) electrons. The van der Waals surface area contributed by atoms with Gasteiger partial charge in [0.25, 0.3) is 5.91 Å². The van der Waals surface area contributed by atoms with Crippen molar-refractivity contribution in [3.8, 4) is 22.6 Å². The van der Waals surface area contributed by atoms with Gasteiger partial charge in [-0.05, 0) is 60.7 Å². The molecule has 0 bridgehead atoms. The molecule has 0 spiro atoms. The Hall–Kier alpha value is -3.61. The van der Waals surface area contributed by atoms with E-state index < -0.39 is 0 Å². The van der Waals surface area contributed by atoms with Gasteiger partial charge in [0.15, 0.2) is 0 Å². The van der Waals surface area contributed by atoms with Crippen LogP contribution in [0.4, 0.5) is 11.4 Å². The lowest BCUT2D eigenvalue weighted by molar-refractivity contribution is 0.0523. The van der Waals surface area contributed by atoms with E-state index in [1.54, 1.807) is 0 Å². The van der Waals surface area contributed by atoms with E-state index in [4.69, 9.17) is 11.6 Å². The first-order valence-electron chi connectivity index (χ1n) is 11.8. The first-order chi connectivity index (χ1) is 17.1. The summed E-state index contributed by atoms with van der Waals surface area (Å²) < 4.78 is 0. The van der Waals surface area contributed by atoms with E-state index in [0.29, 0.717) is 23.0 Å². The lowest BCUT2D eigenvalue weighted by atomic mass is 9.95. The normalized spacial score (nSPS) is 16.2. The number of imidazole rings is 1. The third-order valence-corrected chi connectivity index (χ3v) is 7.42. The van der Waals surface area contributed by atoms with E-state index in [9.17, 15) is 9.90 Å². The van der Waals surface area contributed by atoms with Crippen LogP contribution in [0.1, 0.15) is 28.8 Å². The van der Waals surface area contributed by atoms with Gasteiger partial charge in [-0.1, -0.05) is 48.0 Å². The number of H-pyrrole nitrogens is 1. The maximum Gasteiger partial charge on any atom is 0.254 e. The Morgan fingerprint density at radius 3 is 2.66 bits per heavy atom. The number of aliphatic hydroxyl groups excluding tert-OH is 1. The van der Waals surface area contributed by atoms with Crippen molar-refractivity contribution < 1.29 is 9.90 Å². The number of carbonyl (C=O) groups is 1. The van der Waals surface area contributed by atoms with Crippen LogP contribution in [0.2, 0.25) is 5.02 Å². The molecule has 35 heavy (non-hydrogen) atoms. The summed E-state index contributed by atoms with van der Waals surface area (Å²) in [6, 6.07) is 21.5. The highest BCUT2D eigenvalue weighted by atomic mass is 35.5. The molecule has 0 unspecified atom stereocenters. The molecule has 2 aliphatic rings. The Morgan fingerprint density at radius 1 is 1.06 bits per heavy atom. The van der Waals surface area contributed by atoms with Crippen LogP contribution in [0.15, 0.2) is 72.9 Å². The van der Waals surface area contributed by atoms with Crippen LogP contribution in [0.3, 0.4) is 0 Å². The summed E-state index contributed by atoms with van der Waals surface area (Å²) in [5, 5.41) is 13.9. The highest BCUT2D eigenvalue weighted by Gasteiger charge is 2.51. The van der Waals surface area contributed by atoms with Crippen LogP contribution in [-0.2, 0) is 6.42 Å². The van der Waals surface area contributed by atoms with Gasteiger partial charge in [0.2, 0.25) is 0 Å². The van der Waals surface area contributed by atoms with Gasteiger partial charge in [0, 0.05) is 29.0 Å². The first-order valence-corrected chi connectivity index (χ1v) is 12.2. The van der Waals surface area contributed by atoms with Gasteiger partial charge in [-0.2, -0.15) is 0 Å². The summed E-state index contributed by atoms with van der Waals surface area (Å²) in [4.78, 5) is 23.0. The number of hydrogen-bond donors (Lipinski definition) is 3. The van der Waals surface area contributed by atoms with Gasteiger partial charge in [-0.15, -0.1) is 0 Å². The molecule has 176 valence electrons. The van der Waals surface area contributed by atoms with Crippen LogP contribution < -0.4 is 5.32 Å². The van der Waals surface area contributed by atoms with Gasteiger partial charge < -0.3 is 20.3 Å². The predicted molar refractivity (Wildman–Crippen MR) is 138 cm³/mol. The molecule has 2 heterocycles. The van der Waals surface area contributed by atoms with Crippen LogP contribution in [0.25, 0.3) is 22.6 Å². The zero-order valence-corrected chi connectivity index (χ0v) is 19.8. The lowest BCUT2D eigenvalue weighted by Crippen LogP contribution is -2.48. The summed E-state index contributed by atoms with van der Waals surface area (Å²) in [6.45, 7) is 0.643. The number of rotatable bonds is 6. The number of anilines is 2. The maximum atomic E-state index is 13.2. The van der Waals surface area contributed by atoms with Crippen molar-refractivity contribution in [1.82, 2.24) is 14.9 Å². The van der Waals surface area contributed by atoms with Crippen molar-refractivity contribution >= 4 is 28.9 Å². The first kappa shape index (κ1) is 21.9. The molecule has 3 aromatic carbocycles. The topological polar surface area (TPSA) is 81.2 Å². The summed E-state index contributed by atoms with van der Waals surface area (Å²) in [5.74, 6) is 0.694. The highest BCUT2D eigenvalue weighted by Crippen LogP contribution is 2.44. The van der Waals surface area contributed by atoms with Crippen molar-refractivity contribution in [2.24, 2.45) is 0 Å². The number of amides is 1. The zero-order chi connectivity index (χ0) is 24.0. The fourth-order valence-corrected chi connectivity index (χ4v) is 5.12. The average molecular weight is 485 g/mol. The van der Waals surface area contributed by atoms with E-state index in [1.807, 2.05) is 77.8 Å². The number of nitrogens with one attached hydrogen (secondary N) is 2. The van der Waals surface area contributed by atoms with E-state index in [0.717, 1.165) is 53.0 Å². The Balaban J connectivity index is 1.29. The fourth-order valence-electron chi connectivity index (χ4n) is 4.92. The molecule has 7 heteroatoms. The van der Waals surface area contributed by atoms with Gasteiger partial charge in [-0.3, -0.25) is 4.79 Å². The number of carbonyl (C=O) groups excluding carboxylic acids is 1. The van der Waals surface area contributed by atoms with Crippen LogP contribution >= 0.6 is 11.6 Å². The molecule has 4 aromatic rings. The van der Waals surface area contributed by atoms with E-state index in [2.05, 4.69) is 15.3 Å². The number of benzene rings is 3. The monoisotopic (exact) mass is 484 g/mol. The average Bonchev–Trinajstić information content (AvgIpc) is 3.53. The molecule has 1 fully saturated rings. The van der Waals surface area contributed by atoms with Gasteiger partial charge >= 0.3 is 0 Å². The van der Waals surface area contributed by atoms with Crippen molar-refractivity contribution in [2.45, 2.75) is 24.8 Å². The highest BCUT2D eigenvalue weighted by molar-refractivity contribution is 6.33.